The zero-order valence-electron chi connectivity index (χ0n) is 11.4. The molecule has 0 radical (unpaired) electrons. The normalized spacial score (nSPS) is 10.8. The monoisotopic (exact) mass is 294 g/mol. The molecule has 1 aromatic carbocycles. The molecule has 0 amide bonds. The van der Waals surface area contributed by atoms with Gasteiger partial charge in [0.1, 0.15) is 11.3 Å². The van der Waals surface area contributed by atoms with Gasteiger partial charge in [-0.25, -0.2) is 0 Å². The fourth-order valence-corrected chi connectivity index (χ4v) is 1.70. The number of hydrogen-bond donors (Lipinski definition) is 2. The van der Waals surface area contributed by atoms with E-state index >= 15 is 0 Å². The second-order valence-corrected chi connectivity index (χ2v) is 4.22. The van der Waals surface area contributed by atoms with E-state index in [4.69, 9.17) is 28.7 Å². The smallest absolute Gasteiger partial charge is 0.468 e. The molecule has 0 bridgehead atoms. The van der Waals surface area contributed by atoms with Gasteiger partial charge in [-0.2, -0.15) is 0 Å². The molecule has 0 saturated heterocycles. The van der Waals surface area contributed by atoms with Gasteiger partial charge in [-0.15, -0.1) is 0 Å². The summed E-state index contributed by atoms with van der Waals surface area (Å²) in [4.78, 5) is 12.1. The van der Waals surface area contributed by atoms with Gasteiger partial charge in [-0.05, 0) is 18.2 Å². The Morgan fingerprint density at radius 1 is 1.29 bits per heavy atom. The van der Waals surface area contributed by atoms with Gasteiger partial charge in [0.25, 0.3) is 0 Å². The summed E-state index contributed by atoms with van der Waals surface area (Å²) in [5.74, 6) is 0.414. The van der Waals surface area contributed by atoms with Crippen LogP contribution < -0.4 is 15.6 Å². The maximum atomic E-state index is 12.1. The average molecular weight is 294 g/mol. The fraction of sp³-hybridized carbons (Fsp3) is 0.308. The number of ether oxygens (including phenoxy) is 3. The lowest BCUT2D eigenvalue weighted by atomic mass is 9.81. The van der Waals surface area contributed by atoms with Crippen molar-refractivity contribution in [2.24, 2.45) is 0 Å². The summed E-state index contributed by atoms with van der Waals surface area (Å²) in [5, 5.41) is 18.4. The third-order valence-electron chi connectivity index (χ3n) is 2.79. The largest absolute Gasteiger partial charge is 0.495 e. The van der Waals surface area contributed by atoms with Gasteiger partial charge in [-0.1, -0.05) is 0 Å². The molecular formula is C13H15BO7. The molecule has 0 saturated carbocycles. The van der Waals surface area contributed by atoms with E-state index in [2.05, 4.69) is 0 Å². The summed E-state index contributed by atoms with van der Waals surface area (Å²) in [6.07, 6.45) is 1.03. The highest BCUT2D eigenvalue weighted by atomic mass is 16.7. The first-order valence-corrected chi connectivity index (χ1v) is 6.24. The molecule has 21 heavy (non-hydrogen) atoms. The zero-order chi connectivity index (χ0) is 15.2. The Labute approximate surface area is 120 Å². The Bertz CT molecular complexity index is 653. The standard InChI is InChI=1S/C13H15BO7/c1-18-4-5-19-8-21-9-2-3-12-10(6-9)13(15)11(7-20-12)14(16)17/h2-3,6-7,16-17H,4-5,8H2,1H3. The van der Waals surface area contributed by atoms with Crippen molar-refractivity contribution < 1.29 is 28.7 Å². The minimum absolute atomic E-state index is 0.0164. The first-order chi connectivity index (χ1) is 10.1. The number of methoxy groups -OCH3 is 1. The highest BCUT2D eigenvalue weighted by Crippen LogP contribution is 2.17. The third-order valence-corrected chi connectivity index (χ3v) is 2.79. The maximum absolute atomic E-state index is 12.1. The molecule has 1 heterocycles. The minimum Gasteiger partial charge on any atom is -0.468 e. The maximum Gasteiger partial charge on any atom is 0.495 e. The molecule has 0 spiro atoms. The molecule has 1 aromatic heterocycles. The van der Waals surface area contributed by atoms with Crippen molar-refractivity contribution in [3.8, 4) is 5.75 Å². The Kier molecular flexibility index (Phi) is 5.35. The van der Waals surface area contributed by atoms with Crippen molar-refractivity contribution in [1.82, 2.24) is 0 Å². The molecule has 8 heteroatoms. The number of hydrogen-bond acceptors (Lipinski definition) is 7. The van der Waals surface area contributed by atoms with Gasteiger partial charge in [0.15, 0.2) is 12.2 Å². The fourth-order valence-electron chi connectivity index (χ4n) is 1.70. The predicted molar refractivity (Wildman–Crippen MR) is 75.6 cm³/mol. The molecule has 2 rings (SSSR count). The summed E-state index contributed by atoms with van der Waals surface area (Å²) in [7, 11) is -0.312. The van der Waals surface area contributed by atoms with Gasteiger partial charge in [0.05, 0.1) is 30.3 Å². The van der Waals surface area contributed by atoms with Gasteiger partial charge >= 0.3 is 7.12 Å². The predicted octanol–water partition coefficient (Wildman–Crippen LogP) is -0.528. The van der Waals surface area contributed by atoms with Crippen LogP contribution in [0.5, 0.6) is 5.75 Å². The lowest BCUT2D eigenvalue weighted by Gasteiger charge is -2.08. The molecule has 112 valence electrons. The highest BCUT2D eigenvalue weighted by molar-refractivity contribution is 6.58. The molecule has 0 aliphatic rings. The molecule has 0 unspecified atom stereocenters. The van der Waals surface area contributed by atoms with E-state index in [9.17, 15) is 4.79 Å². The van der Waals surface area contributed by atoms with Crippen LogP contribution in [-0.2, 0) is 9.47 Å². The Morgan fingerprint density at radius 2 is 2.10 bits per heavy atom. The molecule has 0 atom stereocenters. The van der Waals surface area contributed by atoms with Crippen LogP contribution in [0.1, 0.15) is 0 Å². The van der Waals surface area contributed by atoms with Crippen LogP contribution >= 0.6 is 0 Å². The van der Waals surface area contributed by atoms with Crippen molar-refractivity contribution in [3.05, 3.63) is 34.7 Å². The van der Waals surface area contributed by atoms with Crippen LogP contribution in [0.2, 0.25) is 0 Å². The highest BCUT2D eigenvalue weighted by Gasteiger charge is 2.18. The topological polar surface area (TPSA) is 98.4 Å². The Balaban J connectivity index is 2.16. The van der Waals surface area contributed by atoms with E-state index in [0.717, 1.165) is 6.26 Å². The SMILES string of the molecule is COCCOCOc1ccc2occ(B(O)O)c(=O)c2c1. The first kappa shape index (κ1) is 15.5. The van der Waals surface area contributed by atoms with E-state index in [1.54, 1.807) is 19.2 Å². The molecule has 7 nitrogen and oxygen atoms in total. The number of fused-ring (bicyclic) bond motifs is 1. The lowest BCUT2D eigenvalue weighted by molar-refractivity contribution is -0.00841. The number of rotatable bonds is 7. The molecular weight excluding hydrogens is 279 g/mol. The van der Waals surface area contributed by atoms with Gasteiger partial charge in [0.2, 0.25) is 0 Å². The van der Waals surface area contributed by atoms with Crippen molar-refractivity contribution >= 4 is 23.6 Å². The summed E-state index contributed by atoms with van der Waals surface area (Å²) in [6.45, 7) is 0.873. The second-order valence-electron chi connectivity index (χ2n) is 4.22. The van der Waals surface area contributed by atoms with Crippen LogP contribution in [0.4, 0.5) is 0 Å². The van der Waals surface area contributed by atoms with Gasteiger partial charge < -0.3 is 28.7 Å². The molecule has 2 N–H and O–H groups in total. The van der Waals surface area contributed by atoms with Crippen LogP contribution in [0.25, 0.3) is 11.0 Å². The Hall–Kier alpha value is -1.87. The molecule has 2 aromatic rings. The van der Waals surface area contributed by atoms with Crippen LogP contribution in [0.3, 0.4) is 0 Å². The van der Waals surface area contributed by atoms with Gasteiger partial charge in [0, 0.05) is 7.11 Å². The summed E-state index contributed by atoms with van der Waals surface area (Å²) in [5.41, 5.74) is -0.412. The van der Waals surface area contributed by atoms with Crippen molar-refractivity contribution in [1.29, 1.82) is 0 Å². The quantitative estimate of drug-likeness (QED) is 0.402. The van der Waals surface area contributed by atoms with Crippen molar-refractivity contribution in [2.45, 2.75) is 0 Å². The lowest BCUT2D eigenvalue weighted by Crippen LogP contribution is -2.41. The molecule has 0 aliphatic carbocycles. The third kappa shape index (κ3) is 3.82. The minimum atomic E-state index is -1.88. The summed E-state index contributed by atoms with van der Waals surface area (Å²) >= 11 is 0. The average Bonchev–Trinajstić information content (AvgIpc) is 2.47. The van der Waals surface area contributed by atoms with E-state index in [0.29, 0.717) is 24.5 Å². The van der Waals surface area contributed by atoms with Crippen molar-refractivity contribution in [2.75, 3.05) is 27.1 Å². The van der Waals surface area contributed by atoms with Crippen molar-refractivity contribution in [3.63, 3.8) is 0 Å². The van der Waals surface area contributed by atoms with E-state index in [1.165, 1.54) is 6.07 Å². The first-order valence-electron chi connectivity index (χ1n) is 6.24. The van der Waals surface area contributed by atoms with E-state index < -0.39 is 12.5 Å². The van der Waals surface area contributed by atoms with Crippen LogP contribution in [-0.4, -0.2) is 44.3 Å². The number of benzene rings is 1. The van der Waals surface area contributed by atoms with Gasteiger partial charge in [-0.3, -0.25) is 4.79 Å². The van der Waals surface area contributed by atoms with Crippen LogP contribution in [0.15, 0.2) is 33.7 Å². The summed E-state index contributed by atoms with van der Waals surface area (Å²) in [6, 6.07) is 4.65. The van der Waals surface area contributed by atoms with Crippen LogP contribution in [0, 0.1) is 0 Å². The molecule has 0 fully saturated rings. The second kappa shape index (κ2) is 7.23. The Morgan fingerprint density at radius 3 is 2.81 bits per heavy atom. The zero-order valence-corrected chi connectivity index (χ0v) is 11.4. The van der Waals surface area contributed by atoms with E-state index in [-0.39, 0.29) is 17.6 Å². The molecule has 0 aliphatic heterocycles. The van der Waals surface area contributed by atoms with E-state index in [1.807, 2.05) is 0 Å². The summed E-state index contributed by atoms with van der Waals surface area (Å²) < 4.78 is 20.5.